The fourth-order valence-electron chi connectivity index (χ4n) is 2.79. The van der Waals surface area contributed by atoms with Crippen LogP contribution in [0.2, 0.25) is 0 Å². The van der Waals surface area contributed by atoms with Crippen molar-refractivity contribution in [2.24, 2.45) is 11.7 Å². The normalized spacial score (nSPS) is 23.7. The molecule has 0 spiro atoms. The third kappa shape index (κ3) is 1.89. The molecule has 0 aliphatic carbocycles. The number of fused-ring (bicyclic) bond motifs is 1. The topological polar surface area (TPSA) is 48.1 Å². The fourth-order valence-corrected chi connectivity index (χ4v) is 2.79. The number of aromatic nitrogens is 1. The quantitative estimate of drug-likeness (QED) is 0.880. The van der Waals surface area contributed by atoms with Crippen LogP contribution in [0.15, 0.2) is 30.3 Å². The fraction of sp³-hybridized carbons (Fsp3) is 0.400. The highest BCUT2D eigenvalue weighted by Gasteiger charge is 2.29. The van der Waals surface area contributed by atoms with Gasteiger partial charge in [-0.25, -0.2) is 0 Å². The van der Waals surface area contributed by atoms with Gasteiger partial charge in [-0.05, 0) is 37.6 Å². The summed E-state index contributed by atoms with van der Waals surface area (Å²) in [5.74, 6) is 0.426. The van der Waals surface area contributed by atoms with Crippen LogP contribution in [0, 0.1) is 12.8 Å². The monoisotopic (exact) mass is 242 g/mol. The largest absolute Gasteiger partial charge is 0.373 e. The molecule has 2 unspecified atom stereocenters. The molecule has 1 aromatic heterocycles. The van der Waals surface area contributed by atoms with E-state index in [0.717, 1.165) is 24.2 Å². The lowest BCUT2D eigenvalue weighted by molar-refractivity contribution is 0.0935. The molecule has 3 heteroatoms. The molecule has 1 aliphatic rings. The Kier molecular flexibility index (Phi) is 3.02. The number of para-hydroxylation sites is 1. The SMILES string of the molecule is Cc1cc(C2OCCC2CN)c2ccccc2n1. The van der Waals surface area contributed by atoms with Crippen LogP contribution in [0.1, 0.15) is 23.8 Å². The zero-order chi connectivity index (χ0) is 12.5. The molecular weight excluding hydrogens is 224 g/mol. The van der Waals surface area contributed by atoms with Gasteiger partial charge in [0.15, 0.2) is 0 Å². The Morgan fingerprint density at radius 2 is 2.22 bits per heavy atom. The maximum atomic E-state index is 5.90. The summed E-state index contributed by atoms with van der Waals surface area (Å²) in [6, 6.07) is 10.4. The van der Waals surface area contributed by atoms with Crippen molar-refractivity contribution in [3.05, 3.63) is 41.6 Å². The average molecular weight is 242 g/mol. The molecule has 18 heavy (non-hydrogen) atoms. The summed E-state index contributed by atoms with van der Waals surface area (Å²) in [5, 5.41) is 1.19. The molecule has 1 aliphatic heterocycles. The molecule has 3 rings (SSSR count). The first-order valence-corrected chi connectivity index (χ1v) is 6.47. The van der Waals surface area contributed by atoms with Crippen LogP contribution in [0.3, 0.4) is 0 Å². The number of hydrogen-bond acceptors (Lipinski definition) is 3. The number of aryl methyl sites for hydroxylation is 1. The number of nitrogens with two attached hydrogens (primary N) is 1. The second-order valence-electron chi connectivity index (χ2n) is 4.95. The Morgan fingerprint density at radius 3 is 3.06 bits per heavy atom. The van der Waals surface area contributed by atoms with Crippen LogP contribution in [0.5, 0.6) is 0 Å². The van der Waals surface area contributed by atoms with Gasteiger partial charge in [0.05, 0.1) is 11.6 Å². The van der Waals surface area contributed by atoms with E-state index in [2.05, 4.69) is 29.2 Å². The van der Waals surface area contributed by atoms with Crippen molar-refractivity contribution in [2.75, 3.05) is 13.2 Å². The van der Waals surface area contributed by atoms with Gasteiger partial charge in [0, 0.05) is 23.6 Å². The Morgan fingerprint density at radius 1 is 1.39 bits per heavy atom. The summed E-state index contributed by atoms with van der Waals surface area (Å²) in [5.41, 5.74) is 9.17. The Labute approximate surface area is 107 Å². The first-order chi connectivity index (χ1) is 8.79. The smallest absolute Gasteiger partial charge is 0.0873 e. The number of rotatable bonds is 2. The van der Waals surface area contributed by atoms with E-state index >= 15 is 0 Å². The van der Waals surface area contributed by atoms with E-state index in [1.165, 1.54) is 10.9 Å². The zero-order valence-electron chi connectivity index (χ0n) is 10.6. The zero-order valence-corrected chi connectivity index (χ0v) is 10.6. The number of hydrogen-bond donors (Lipinski definition) is 1. The minimum absolute atomic E-state index is 0.126. The first-order valence-electron chi connectivity index (χ1n) is 6.47. The van der Waals surface area contributed by atoms with Crippen molar-refractivity contribution in [1.82, 2.24) is 4.98 Å². The van der Waals surface area contributed by atoms with E-state index in [0.29, 0.717) is 12.5 Å². The van der Waals surface area contributed by atoms with Crippen LogP contribution < -0.4 is 5.73 Å². The molecule has 1 saturated heterocycles. The highest BCUT2D eigenvalue weighted by molar-refractivity contribution is 5.82. The van der Waals surface area contributed by atoms with E-state index in [1.54, 1.807) is 0 Å². The molecule has 2 atom stereocenters. The molecule has 1 aromatic carbocycles. The predicted octanol–water partition coefficient (Wildman–Crippen LogP) is 2.58. The number of ether oxygens (including phenoxy) is 1. The molecule has 2 N–H and O–H groups in total. The van der Waals surface area contributed by atoms with Crippen LogP contribution in [-0.4, -0.2) is 18.1 Å². The van der Waals surface area contributed by atoms with Crippen LogP contribution in [0.4, 0.5) is 0 Å². The third-order valence-corrected chi connectivity index (χ3v) is 3.70. The minimum Gasteiger partial charge on any atom is -0.373 e. The summed E-state index contributed by atoms with van der Waals surface area (Å²) >= 11 is 0. The summed E-state index contributed by atoms with van der Waals surface area (Å²) in [4.78, 5) is 4.57. The van der Waals surface area contributed by atoms with Crippen molar-refractivity contribution < 1.29 is 4.74 Å². The molecule has 0 saturated carbocycles. The van der Waals surface area contributed by atoms with E-state index in [1.807, 2.05) is 13.0 Å². The molecule has 3 nitrogen and oxygen atoms in total. The van der Waals surface area contributed by atoms with Crippen LogP contribution >= 0.6 is 0 Å². The predicted molar refractivity (Wildman–Crippen MR) is 72.3 cm³/mol. The highest BCUT2D eigenvalue weighted by atomic mass is 16.5. The van der Waals surface area contributed by atoms with Gasteiger partial charge in [0.1, 0.15) is 0 Å². The Bertz CT molecular complexity index is 567. The van der Waals surface area contributed by atoms with Gasteiger partial charge in [-0.2, -0.15) is 0 Å². The molecule has 0 amide bonds. The molecule has 94 valence electrons. The van der Waals surface area contributed by atoms with Crippen molar-refractivity contribution in [2.45, 2.75) is 19.4 Å². The number of nitrogens with zero attached hydrogens (tertiary/aromatic N) is 1. The first kappa shape index (κ1) is 11.6. The second-order valence-corrected chi connectivity index (χ2v) is 4.95. The summed E-state index contributed by atoms with van der Waals surface area (Å²) in [6.45, 7) is 3.52. The Hall–Kier alpha value is -1.45. The molecule has 0 bridgehead atoms. The van der Waals surface area contributed by atoms with E-state index in [4.69, 9.17) is 10.5 Å². The van der Waals surface area contributed by atoms with Crippen molar-refractivity contribution in [1.29, 1.82) is 0 Å². The highest BCUT2D eigenvalue weighted by Crippen LogP contribution is 2.37. The Balaban J connectivity index is 2.15. The summed E-state index contributed by atoms with van der Waals surface area (Å²) in [6.07, 6.45) is 1.18. The van der Waals surface area contributed by atoms with Crippen molar-refractivity contribution >= 4 is 10.9 Å². The van der Waals surface area contributed by atoms with Gasteiger partial charge in [-0.1, -0.05) is 18.2 Å². The molecule has 2 aromatic rings. The summed E-state index contributed by atoms with van der Waals surface area (Å²) < 4.78 is 5.90. The van der Waals surface area contributed by atoms with Gasteiger partial charge >= 0.3 is 0 Å². The lowest BCUT2D eigenvalue weighted by atomic mass is 9.93. The number of pyridine rings is 1. The average Bonchev–Trinajstić information content (AvgIpc) is 2.85. The maximum absolute atomic E-state index is 5.90. The van der Waals surface area contributed by atoms with Gasteiger partial charge in [0.25, 0.3) is 0 Å². The van der Waals surface area contributed by atoms with Crippen molar-refractivity contribution in [3.63, 3.8) is 0 Å². The van der Waals surface area contributed by atoms with Gasteiger partial charge in [-0.3, -0.25) is 4.98 Å². The molecule has 1 fully saturated rings. The lowest BCUT2D eigenvalue weighted by Gasteiger charge is -2.19. The van der Waals surface area contributed by atoms with E-state index < -0.39 is 0 Å². The van der Waals surface area contributed by atoms with Gasteiger partial charge < -0.3 is 10.5 Å². The minimum atomic E-state index is 0.126. The van der Waals surface area contributed by atoms with E-state index in [-0.39, 0.29) is 6.10 Å². The maximum Gasteiger partial charge on any atom is 0.0873 e. The third-order valence-electron chi connectivity index (χ3n) is 3.70. The molecule has 0 radical (unpaired) electrons. The second kappa shape index (κ2) is 4.67. The van der Waals surface area contributed by atoms with Crippen LogP contribution in [-0.2, 0) is 4.74 Å². The summed E-state index contributed by atoms with van der Waals surface area (Å²) in [7, 11) is 0. The number of benzene rings is 1. The van der Waals surface area contributed by atoms with E-state index in [9.17, 15) is 0 Å². The van der Waals surface area contributed by atoms with Gasteiger partial charge in [-0.15, -0.1) is 0 Å². The lowest BCUT2D eigenvalue weighted by Crippen LogP contribution is -2.18. The standard InChI is InChI=1S/C15H18N2O/c1-10-8-13(15-11(9-16)6-7-18-15)12-4-2-3-5-14(12)17-10/h2-5,8,11,15H,6-7,9,16H2,1H3. The molecule has 2 heterocycles. The van der Waals surface area contributed by atoms with Crippen molar-refractivity contribution in [3.8, 4) is 0 Å². The van der Waals surface area contributed by atoms with Crippen LogP contribution in [0.25, 0.3) is 10.9 Å². The molecular formula is C15H18N2O. The van der Waals surface area contributed by atoms with Gasteiger partial charge in [0.2, 0.25) is 0 Å².